The molecule has 0 atom stereocenters. The predicted octanol–water partition coefficient (Wildman–Crippen LogP) is 3.64. The van der Waals surface area contributed by atoms with Gasteiger partial charge < -0.3 is 10.2 Å². The van der Waals surface area contributed by atoms with Gasteiger partial charge >= 0.3 is 0 Å². The Balaban J connectivity index is 2.53. The topological polar surface area (TPSA) is 74.6 Å². The zero-order valence-electron chi connectivity index (χ0n) is 11.0. The molecule has 0 aliphatic heterocycles. The van der Waals surface area contributed by atoms with Gasteiger partial charge in [0.05, 0.1) is 29.4 Å². The molecule has 0 saturated heterocycles. The molecule has 4 nitrogen and oxygen atoms in total. The predicted molar refractivity (Wildman–Crippen MR) is 88.3 cm³/mol. The maximum Gasteiger partial charge on any atom is 0.201 e. The SMILES string of the molecule is O=C1c2c(O)c(I)c(I)c(O)c2C(=O)c2c(F)c(F)c(F)c(F)c21. The number of hydrogen-bond acceptors (Lipinski definition) is 4. The van der Waals surface area contributed by atoms with Crippen molar-refractivity contribution in [1.29, 1.82) is 0 Å². The third kappa shape index (κ3) is 2.01. The molecule has 10 heteroatoms. The van der Waals surface area contributed by atoms with Gasteiger partial charge in [0.15, 0.2) is 23.3 Å². The second-order valence-electron chi connectivity index (χ2n) is 4.74. The summed E-state index contributed by atoms with van der Waals surface area (Å²) in [5.41, 5.74) is -4.23. The van der Waals surface area contributed by atoms with Gasteiger partial charge in [0, 0.05) is 0 Å². The van der Waals surface area contributed by atoms with Gasteiger partial charge in [0.25, 0.3) is 0 Å². The minimum absolute atomic E-state index is 0.0162. The number of carbonyl (C=O) groups is 2. The average molecular weight is 564 g/mol. The Morgan fingerprint density at radius 3 is 1.17 bits per heavy atom. The molecule has 3 rings (SSSR count). The number of phenols is 2. The van der Waals surface area contributed by atoms with Gasteiger partial charge in [-0.3, -0.25) is 9.59 Å². The molecule has 0 radical (unpaired) electrons. The number of ketones is 2. The van der Waals surface area contributed by atoms with Crippen molar-refractivity contribution in [3.8, 4) is 11.5 Å². The van der Waals surface area contributed by atoms with E-state index in [4.69, 9.17) is 0 Å². The van der Waals surface area contributed by atoms with Crippen molar-refractivity contribution >= 4 is 56.7 Å². The molecule has 0 aromatic heterocycles. The van der Waals surface area contributed by atoms with E-state index in [1.165, 1.54) is 0 Å². The van der Waals surface area contributed by atoms with Gasteiger partial charge in [0.1, 0.15) is 11.5 Å². The molecule has 0 fully saturated rings. The van der Waals surface area contributed by atoms with Crippen LogP contribution in [0, 0.1) is 30.4 Å². The lowest BCUT2D eigenvalue weighted by molar-refractivity contribution is 0.0964. The highest BCUT2D eigenvalue weighted by Crippen LogP contribution is 2.45. The van der Waals surface area contributed by atoms with Gasteiger partial charge in [-0.15, -0.1) is 0 Å². The molecule has 2 aromatic rings. The van der Waals surface area contributed by atoms with Crippen LogP contribution in [-0.4, -0.2) is 21.8 Å². The number of aromatic hydroxyl groups is 2. The maximum absolute atomic E-state index is 14.0. The van der Waals surface area contributed by atoms with E-state index in [2.05, 4.69) is 0 Å². The summed E-state index contributed by atoms with van der Waals surface area (Å²) in [4.78, 5) is 24.8. The highest BCUT2D eigenvalue weighted by Gasteiger charge is 2.43. The van der Waals surface area contributed by atoms with Crippen LogP contribution in [0.5, 0.6) is 11.5 Å². The Labute approximate surface area is 157 Å². The second kappa shape index (κ2) is 5.54. The van der Waals surface area contributed by atoms with E-state index in [1.54, 1.807) is 45.2 Å². The molecule has 0 bridgehead atoms. The number of carbonyl (C=O) groups excluding carboxylic acids is 2. The van der Waals surface area contributed by atoms with Crippen molar-refractivity contribution in [3.05, 3.63) is 52.7 Å². The lowest BCUT2D eigenvalue weighted by atomic mass is 9.82. The van der Waals surface area contributed by atoms with Crippen LogP contribution in [0.15, 0.2) is 0 Å². The largest absolute Gasteiger partial charge is 0.506 e. The fraction of sp³-hybridized carbons (Fsp3) is 0. The number of phenolic OH excluding ortho intramolecular Hbond substituents is 2. The van der Waals surface area contributed by atoms with Crippen LogP contribution in [0.1, 0.15) is 31.8 Å². The van der Waals surface area contributed by atoms with Crippen LogP contribution in [0.2, 0.25) is 0 Å². The van der Waals surface area contributed by atoms with Gasteiger partial charge in [0.2, 0.25) is 11.6 Å². The summed E-state index contributed by atoms with van der Waals surface area (Å²) in [6, 6.07) is 0. The van der Waals surface area contributed by atoms with E-state index < -0.39 is 68.6 Å². The zero-order chi connectivity index (χ0) is 18.1. The Bertz CT molecular complexity index is 835. The smallest absolute Gasteiger partial charge is 0.201 e. The fourth-order valence-corrected chi connectivity index (χ4v) is 3.46. The summed E-state index contributed by atoms with van der Waals surface area (Å²) in [5.74, 6) is -12.9. The van der Waals surface area contributed by atoms with Crippen molar-refractivity contribution in [2.45, 2.75) is 0 Å². The lowest BCUT2D eigenvalue weighted by Crippen LogP contribution is -2.26. The van der Waals surface area contributed by atoms with Crippen LogP contribution in [0.4, 0.5) is 17.6 Å². The summed E-state index contributed by atoms with van der Waals surface area (Å²) in [6.07, 6.45) is 0. The van der Waals surface area contributed by atoms with Crippen molar-refractivity contribution in [1.82, 2.24) is 0 Å². The molecule has 2 N–H and O–H groups in total. The quantitative estimate of drug-likeness (QED) is 0.144. The Hall–Kier alpha value is -1.44. The molecule has 24 heavy (non-hydrogen) atoms. The van der Waals surface area contributed by atoms with Crippen molar-refractivity contribution in [2.24, 2.45) is 0 Å². The summed E-state index contributed by atoms with van der Waals surface area (Å²) in [7, 11) is 0. The van der Waals surface area contributed by atoms with Crippen molar-refractivity contribution in [3.63, 3.8) is 0 Å². The number of hydrogen-bond donors (Lipinski definition) is 2. The molecular formula is C14H2F4I2O4. The maximum atomic E-state index is 14.0. The van der Waals surface area contributed by atoms with Crippen LogP contribution >= 0.6 is 45.2 Å². The summed E-state index contributed by atoms with van der Waals surface area (Å²) in [5, 5.41) is 20.1. The molecule has 0 heterocycles. The van der Waals surface area contributed by atoms with Crippen LogP contribution in [0.3, 0.4) is 0 Å². The van der Waals surface area contributed by atoms with Gasteiger partial charge in [-0.25, -0.2) is 17.6 Å². The second-order valence-corrected chi connectivity index (χ2v) is 6.90. The summed E-state index contributed by atoms with van der Waals surface area (Å²) >= 11 is 3.12. The molecule has 0 saturated carbocycles. The Morgan fingerprint density at radius 1 is 0.583 bits per heavy atom. The van der Waals surface area contributed by atoms with E-state index in [0.717, 1.165) is 0 Å². The Morgan fingerprint density at radius 2 is 0.875 bits per heavy atom. The highest BCUT2D eigenvalue weighted by atomic mass is 127. The molecule has 0 amide bonds. The van der Waals surface area contributed by atoms with E-state index in [0.29, 0.717) is 0 Å². The van der Waals surface area contributed by atoms with Gasteiger partial charge in [-0.1, -0.05) is 0 Å². The van der Waals surface area contributed by atoms with Crippen molar-refractivity contribution < 1.29 is 37.4 Å². The van der Waals surface area contributed by atoms with Crippen molar-refractivity contribution in [2.75, 3.05) is 0 Å². The molecule has 2 aromatic carbocycles. The first kappa shape index (κ1) is 17.4. The van der Waals surface area contributed by atoms with Crippen LogP contribution < -0.4 is 0 Å². The third-order valence-electron chi connectivity index (χ3n) is 3.51. The van der Waals surface area contributed by atoms with Gasteiger partial charge in [-0.2, -0.15) is 0 Å². The summed E-state index contributed by atoms with van der Waals surface area (Å²) in [6.45, 7) is 0. The number of halogens is 6. The van der Waals surface area contributed by atoms with E-state index in [-0.39, 0.29) is 7.14 Å². The normalized spacial score (nSPS) is 13.1. The summed E-state index contributed by atoms with van der Waals surface area (Å²) < 4.78 is 54.7. The number of rotatable bonds is 0. The van der Waals surface area contributed by atoms with E-state index in [9.17, 15) is 37.4 Å². The minimum Gasteiger partial charge on any atom is -0.506 e. The molecule has 124 valence electrons. The molecule has 0 unspecified atom stereocenters. The molecular weight excluding hydrogens is 562 g/mol. The number of fused-ring (bicyclic) bond motifs is 2. The number of benzene rings is 2. The third-order valence-corrected chi connectivity index (χ3v) is 6.64. The first-order chi connectivity index (χ1) is 11.1. The first-order valence-corrected chi connectivity index (χ1v) is 8.15. The van der Waals surface area contributed by atoms with Gasteiger partial charge in [-0.05, 0) is 45.2 Å². The lowest BCUT2D eigenvalue weighted by Gasteiger charge is -2.22. The van der Waals surface area contributed by atoms with E-state index in [1.807, 2.05) is 0 Å². The fourth-order valence-electron chi connectivity index (χ4n) is 2.41. The zero-order valence-corrected chi connectivity index (χ0v) is 15.3. The first-order valence-electron chi connectivity index (χ1n) is 5.99. The molecule has 1 aliphatic carbocycles. The molecule has 1 aliphatic rings. The minimum atomic E-state index is -2.25. The monoisotopic (exact) mass is 564 g/mol. The van der Waals surface area contributed by atoms with Crippen LogP contribution in [-0.2, 0) is 0 Å². The highest BCUT2D eigenvalue weighted by molar-refractivity contribution is 14.1. The van der Waals surface area contributed by atoms with E-state index >= 15 is 0 Å². The average Bonchev–Trinajstić information content (AvgIpc) is 2.55. The molecule has 0 spiro atoms. The Kier molecular flexibility index (Phi) is 4.01. The van der Waals surface area contributed by atoms with Crippen LogP contribution in [0.25, 0.3) is 0 Å². The standard InChI is InChI=1S/C14H2F4I2O4/c15-5-1-2(6(16)8(18)7(5)17)12(22)4-3(11(1)21)13(23)9(19)10(20)14(4)24/h23-24H.